The topological polar surface area (TPSA) is 75.3 Å². The fraction of sp³-hybridized carbons (Fsp3) is 0.214. The van der Waals surface area contributed by atoms with E-state index in [0.717, 1.165) is 16.9 Å². The average molecular weight is 393 g/mol. The first-order chi connectivity index (χ1) is 10.7. The van der Waals surface area contributed by atoms with E-state index in [4.69, 9.17) is 23.2 Å². The third-order valence-electron chi connectivity index (χ3n) is 3.01. The van der Waals surface area contributed by atoms with Gasteiger partial charge in [0, 0.05) is 14.9 Å². The fourth-order valence-electron chi connectivity index (χ4n) is 1.90. The summed E-state index contributed by atoms with van der Waals surface area (Å²) >= 11 is 12.9. The number of hydrogen-bond donors (Lipinski definition) is 2. The number of hydrazine groups is 1. The van der Waals surface area contributed by atoms with Gasteiger partial charge in [0.25, 0.3) is 15.9 Å². The molecule has 1 heterocycles. The second-order valence-electron chi connectivity index (χ2n) is 4.74. The van der Waals surface area contributed by atoms with Gasteiger partial charge in [-0.05, 0) is 43.2 Å². The molecule has 0 bridgehead atoms. The van der Waals surface area contributed by atoms with Crippen molar-refractivity contribution in [1.82, 2.24) is 10.3 Å². The van der Waals surface area contributed by atoms with Crippen LogP contribution in [0.4, 0.5) is 0 Å². The lowest BCUT2D eigenvalue weighted by molar-refractivity contribution is 0.0949. The van der Waals surface area contributed by atoms with Gasteiger partial charge < -0.3 is 0 Å². The predicted octanol–water partition coefficient (Wildman–Crippen LogP) is 3.55. The summed E-state index contributed by atoms with van der Waals surface area (Å²) in [5.41, 5.74) is 3.20. The summed E-state index contributed by atoms with van der Waals surface area (Å²) in [5.74, 6) is -0.519. The molecule has 0 unspecified atom stereocenters. The summed E-state index contributed by atoms with van der Waals surface area (Å²) in [4.78, 5) is 15.5. The quantitative estimate of drug-likeness (QED) is 0.763. The highest BCUT2D eigenvalue weighted by Crippen LogP contribution is 2.23. The Bertz CT molecular complexity index is 827. The molecular weight excluding hydrogens is 379 g/mol. The van der Waals surface area contributed by atoms with Crippen LogP contribution in [0.2, 0.25) is 10.0 Å². The number of sulfonamides is 1. The number of thiophene rings is 1. The molecule has 0 radical (unpaired) electrons. The van der Waals surface area contributed by atoms with Crippen LogP contribution in [0, 0.1) is 6.92 Å². The van der Waals surface area contributed by atoms with Gasteiger partial charge >= 0.3 is 0 Å². The van der Waals surface area contributed by atoms with Crippen molar-refractivity contribution in [3.63, 3.8) is 0 Å². The minimum Gasteiger partial charge on any atom is -0.273 e. The zero-order valence-electron chi connectivity index (χ0n) is 12.3. The smallest absolute Gasteiger partial charge is 0.273 e. The highest BCUT2D eigenvalue weighted by Gasteiger charge is 2.18. The normalized spacial score (nSPS) is 11.5. The van der Waals surface area contributed by atoms with Crippen molar-refractivity contribution in [3.8, 4) is 0 Å². The van der Waals surface area contributed by atoms with Crippen LogP contribution in [0.3, 0.4) is 0 Å². The maximum Gasteiger partial charge on any atom is 0.276 e. The van der Waals surface area contributed by atoms with Crippen LogP contribution in [-0.2, 0) is 16.4 Å². The molecule has 0 saturated heterocycles. The van der Waals surface area contributed by atoms with E-state index in [9.17, 15) is 13.2 Å². The number of hydrogen-bond acceptors (Lipinski definition) is 4. The Morgan fingerprint density at radius 3 is 2.30 bits per heavy atom. The second-order valence-corrected chi connectivity index (χ2v) is 8.43. The van der Waals surface area contributed by atoms with Crippen LogP contribution >= 0.6 is 34.5 Å². The molecule has 1 aromatic carbocycles. The summed E-state index contributed by atoms with van der Waals surface area (Å²) < 4.78 is 24.3. The molecular formula is C14H14Cl2N2O3S2. The van der Waals surface area contributed by atoms with Crippen molar-refractivity contribution < 1.29 is 13.2 Å². The summed E-state index contributed by atoms with van der Waals surface area (Å²) in [6.45, 7) is 3.90. The molecule has 0 aliphatic rings. The Morgan fingerprint density at radius 2 is 1.78 bits per heavy atom. The Hall–Kier alpha value is -1.12. The van der Waals surface area contributed by atoms with Crippen LogP contribution in [0.25, 0.3) is 0 Å². The van der Waals surface area contributed by atoms with Crippen LogP contribution < -0.4 is 10.3 Å². The lowest BCUT2D eigenvalue weighted by Crippen LogP contribution is -2.41. The molecule has 9 heteroatoms. The third kappa shape index (κ3) is 4.45. The van der Waals surface area contributed by atoms with Crippen molar-refractivity contribution in [3.05, 3.63) is 49.6 Å². The van der Waals surface area contributed by atoms with E-state index in [0.29, 0.717) is 4.88 Å². The largest absolute Gasteiger partial charge is 0.276 e. The van der Waals surface area contributed by atoms with Crippen molar-refractivity contribution in [2.24, 2.45) is 0 Å². The average Bonchev–Trinajstić information content (AvgIpc) is 2.85. The minimum atomic E-state index is -3.96. The van der Waals surface area contributed by atoms with Crippen molar-refractivity contribution >= 4 is 50.5 Å². The van der Waals surface area contributed by atoms with Crippen LogP contribution in [-0.4, -0.2) is 14.3 Å². The fourth-order valence-corrected chi connectivity index (χ4v) is 4.47. The first kappa shape index (κ1) is 18.2. The van der Waals surface area contributed by atoms with Gasteiger partial charge in [0.2, 0.25) is 0 Å². The number of aryl methyl sites for hydroxylation is 2. The van der Waals surface area contributed by atoms with Gasteiger partial charge in [-0.3, -0.25) is 10.2 Å². The molecule has 5 nitrogen and oxygen atoms in total. The van der Waals surface area contributed by atoms with E-state index in [-0.39, 0.29) is 14.9 Å². The first-order valence-corrected chi connectivity index (χ1v) is 9.66. The molecule has 0 aliphatic carbocycles. The Labute approximate surface area is 148 Å². The molecule has 0 fully saturated rings. The number of carbonyl (C=O) groups excluding carboxylic acids is 1. The van der Waals surface area contributed by atoms with Gasteiger partial charge in [-0.15, -0.1) is 16.2 Å². The number of benzene rings is 1. The van der Waals surface area contributed by atoms with E-state index >= 15 is 0 Å². The van der Waals surface area contributed by atoms with E-state index in [1.54, 1.807) is 6.07 Å². The first-order valence-electron chi connectivity index (χ1n) is 6.60. The van der Waals surface area contributed by atoms with Gasteiger partial charge in [0.15, 0.2) is 0 Å². The molecule has 2 N–H and O–H groups in total. The molecule has 1 amide bonds. The lowest BCUT2D eigenvalue weighted by atomic mass is 10.2. The molecule has 0 spiro atoms. The lowest BCUT2D eigenvalue weighted by Gasteiger charge is -2.08. The minimum absolute atomic E-state index is 0.132. The third-order valence-corrected chi connectivity index (χ3v) is 6.05. The van der Waals surface area contributed by atoms with E-state index in [1.165, 1.54) is 29.5 Å². The molecule has 1 aromatic heterocycles. The molecule has 23 heavy (non-hydrogen) atoms. The SMILES string of the molecule is CCc1sc(C(=O)NNS(=O)(=O)c2cc(Cl)cc(Cl)c2)cc1C. The highest BCUT2D eigenvalue weighted by molar-refractivity contribution is 7.89. The van der Waals surface area contributed by atoms with Crippen molar-refractivity contribution in [2.75, 3.05) is 0 Å². The van der Waals surface area contributed by atoms with Crippen molar-refractivity contribution in [2.45, 2.75) is 25.2 Å². The van der Waals surface area contributed by atoms with Gasteiger partial charge in [0.05, 0.1) is 9.77 Å². The zero-order valence-corrected chi connectivity index (χ0v) is 15.5. The van der Waals surface area contributed by atoms with Gasteiger partial charge in [0.1, 0.15) is 0 Å². The van der Waals surface area contributed by atoms with E-state index in [2.05, 4.69) is 5.43 Å². The Balaban J connectivity index is 2.13. The van der Waals surface area contributed by atoms with Gasteiger partial charge in [-0.1, -0.05) is 30.1 Å². The summed E-state index contributed by atoms with van der Waals surface area (Å²) in [5, 5.41) is 0.372. The molecule has 0 saturated carbocycles. The molecule has 2 aromatic rings. The molecule has 2 rings (SSSR count). The van der Waals surface area contributed by atoms with Gasteiger partial charge in [-0.25, -0.2) is 8.42 Å². The molecule has 0 aliphatic heterocycles. The van der Waals surface area contributed by atoms with Crippen LogP contribution in [0.1, 0.15) is 27.0 Å². The number of amides is 1. The molecule has 0 atom stereocenters. The highest BCUT2D eigenvalue weighted by atomic mass is 35.5. The second kappa shape index (κ2) is 7.19. The number of nitrogens with one attached hydrogen (secondary N) is 2. The number of carbonyl (C=O) groups is 1. The predicted molar refractivity (Wildman–Crippen MR) is 92.7 cm³/mol. The number of halogens is 2. The summed E-state index contributed by atoms with van der Waals surface area (Å²) in [6.07, 6.45) is 0.816. The Morgan fingerprint density at radius 1 is 1.17 bits per heavy atom. The maximum atomic E-state index is 12.2. The van der Waals surface area contributed by atoms with Crippen LogP contribution in [0.15, 0.2) is 29.2 Å². The standard InChI is InChI=1S/C14H14Cl2N2O3S2/c1-3-12-8(2)4-13(22-12)14(19)17-18-23(20,21)11-6-9(15)5-10(16)7-11/h4-7,18H,3H2,1-2H3,(H,17,19). The number of rotatable bonds is 5. The summed E-state index contributed by atoms with van der Waals surface area (Å²) in [6, 6.07) is 5.63. The molecule has 124 valence electrons. The zero-order chi connectivity index (χ0) is 17.2. The maximum absolute atomic E-state index is 12.2. The monoisotopic (exact) mass is 392 g/mol. The van der Waals surface area contributed by atoms with E-state index < -0.39 is 15.9 Å². The van der Waals surface area contributed by atoms with Crippen molar-refractivity contribution in [1.29, 1.82) is 0 Å². The van der Waals surface area contributed by atoms with E-state index in [1.807, 2.05) is 18.7 Å². The van der Waals surface area contributed by atoms with Gasteiger partial charge in [-0.2, -0.15) is 0 Å². The summed E-state index contributed by atoms with van der Waals surface area (Å²) in [7, 11) is -3.96. The Kier molecular flexibility index (Phi) is 5.70. The van der Waals surface area contributed by atoms with Crippen LogP contribution in [0.5, 0.6) is 0 Å².